The monoisotopic (exact) mass is 453 g/mol. The van der Waals surface area contributed by atoms with E-state index in [1.165, 1.54) is 12.1 Å². The zero-order chi connectivity index (χ0) is 24.1. The van der Waals surface area contributed by atoms with Crippen LogP contribution >= 0.6 is 0 Å². The third kappa shape index (κ3) is 5.89. The summed E-state index contributed by atoms with van der Waals surface area (Å²) in [7, 11) is 0. The molecule has 0 fully saturated rings. The molecule has 6 heteroatoms. The minimum Gasteiger partial charge on any atom is -0.481 e. The molecule has 0 bridgehead atoms. The molecule has 3 N–H and O–H groups in total. The first kappa shape index (κ1) is 24.7. The molecule has 2 atom stereocenters. The minimum absolute atomic E-state index is 0.00751. The summed E-state index contributed by atoms with van der Waals surface area (Å²) >= 11 is 0. The number of nitrogens with zero attached hydrogens (tertiary/aromatic N) is 1. The zero-order valence-corrected chi connectivity index (χ0v) is 19.3. The molecule has 0 amide bonds. The Kier molecular flexibility index (Phi) is 8.06. The Morgan fingerprint density at radius 2 is 1.64 bits per heavy atom. The summed E-state index contributed by atoms with van der Waals surface area (Å²) in [4.78, 5) is 10.8. The first-order chi connectivity index (χ1) is 15.7. The fourth-order valence-electron chi connectivity index (χ4n) is 4.57. The normalized spacial score (nSPS) is 13.3. The SMILES string of the molecule is Cc1c(-c2ccc(F)cc2)c(CC[C@@H](O)C[C@@H](O)CC(=O)O)c(C(C)C)n1-c1ccccc1. The molecule has 0 spiro atoms. The zero-order valence-electron chi connectivity index (χ0n) is 19.3. The van der Waals surface area contributed by atoms with Crippen LogP contribution in [-0.2, 0) is 11.2 Å². The molecule has 0 saturated heterocycles. The summed E-state index contributed by atoms with van der Waals surface area (Å²) in [5.41, 5.74) is 6.18. The van der Waals surface area contributed by atoms with Gasteiger partial charge in [-0.2, -0.15) is 0 Å². The van der Waals surface area contributed by atoms with Crippen molar-refractivity contribution in [2.45, 2.75) is 64.6 Å². The minimum atomic E-state index is -1.09. The van der Waals surface area contributed by atoms with Crippen LogP contribution in [0.15, 0.2) is 54.6 Å². The molecular formula is C27H32FNO4. The van der Waals surface area contributed by atoms with Crippen molar-refractivity contribution in [3.8, 4) is 16.8 Å². The van der Waals surface area contributed by atoms with Crippen LogP contribution in [0.25, 0.3) is 16.8 Å². The Balaban J connectivity index is 2.04. The lowest BCUT2D eigenvalue weighted by atomic mass is 9.92. The molecule has 0 aliphatic rings. The van der Waals surface area contributed by atoms with Crippen molar-refractivity contribution in [1.29, 1.82) is 0 Å². The summed E-state index contributed by atoms with van der Waals surface area (Å²) in [6, 6.07) is 16.5. The topological polar surface area (TPSA) is 82.7 Å². The number of carboxylic acids is 1. The maximum Gasteiger partial charge on any atom is 0.305 e. The first-order valence-corrected chi connectivity index (χ1v) is 11.3. The van der Waals surface area contributed by atoms with E-state index in [1.54, 1.807) is 12.1 Å². The molecule has 1 aromatic heterocycles. The maximum atomic E-state index is 13.6. The van der Waals surface area contributed by atoms with Crippen molar-refractivity contribution in [3.63, 3.8) is 0 Å². The van der Waals surface area contributed by atoms with E-state index >= 15 is 0 Å². The van der Waals surface area contributed by atoms with Crippen LogP contribution in [0.2, 0.25) is 0 Å². The van der Waals surface area contributed by atoms with E-state index in [4.69, 9.17) is 5.11 Å². The number of rotatable bonds is 10. The summed E-state index contributed by atoms with van der Waals surface area (Å²) in [6.45, 7) is 6.30. The van der Waals surface area contributed by atoms with Gasteiger partial charge in [0.2, 0.25) is 0 Å². The molecule has 176 valence electrons. The van der Waals surface area contributed by atoms with E-state index in [-0.39, 0.29) is 18.2 Å². The standard InChI is InChI=1S/C27H32FNO4/c1-17(2)27-24(14-13-22(30)15-23(31)16-25(32)33)26(19-9-11-20(28)12-10-19)18(3)29(27)21-7-5-4-6-8-21/h4-12,17,22-23,30-31H,13-16H2,1-3H3,(H,32,33)/t22-,23-/m1/s1. The molecule has 3 rings (SSSR count). The number of aliphatic carboxylic acids is 1. The predicted octanol–water partition coefficient (Wildman–Crippen LogP) is 5.23. The van der Waals surface area contributed by atoms with Gasteiger partial charge < -0.3 is 19.9 Å². The number of halogens is 1. The quantitative estimate of drug-likeness (QED) is 0.392. The molecule has 0 radical (unpaired) electrons. The van der Waals surface area contributed by atoms with E-state index in [0.29, 0.717) is 12.8 Å². The van der Waals surface area contributed by atoms with Gasteiger partial charge in [-0.15, -0.1) is 0 Å². The summed E-state index contributed by atoms with van der Waals surface area (Å²) < 4.78 is 15.9. The molecule has 2 aromatic carbocycles. The second-order valence-corrected chi connectivity index (χ2v) is 8.84. The highest BCUT2D eigenvalue weighted by Gasteiger charge is 2.25. The van der Waals surface area contributed by atoms with Crippen molar-refractivity contribution in [2.24, 2.45) is 0 Å². The maximum absolute atomic E-state index is 13.6. The summed E-state index contributed by atoms with van der Waals surface area (Å²) in [5, 5.41) is 29.3. The van der Waals surface area contributed by atoms with Gasteiger partial charge in [0, 0.05) is 22.6 Å². The van der Waals surface area contributed by atoms with E-state index in [9.17, 15) is 19.4 Å². The van der Waals surface area contributed by atoms with Gasteiger partial charge in [0.05, 0.1) is 18.6 Å². The number of aliphatic hydroxyl groups is 2. The van der Waals surface area contributed by atoms with Gasteiger partial charge in [-0.25, -0.2) is 4.39 Å². The van der Waals surface area contributed by atoms with Crippen LogP contribution in [0.3, 0.4) is 0 Å². The Morgan fingerprint density at radius 1 is 1.00 bits per heavy atom. The first-order valence-electron chi connectivity index (χ1n) is 11.3. The number of benzene rings is 2. The smallest absolute Gasteiger partial charge is 0.305 e. The molecule has 0 unspecified atom stereocenters. The van der Waals surface area contributed by atoms with E-state index in [1.807, 2.05) is 37.3 Å². The van der Waals surface area contributed by atoms with Crippen LogP contribution in [0.1, 0.15) is 56.0 Å². The fourth-order valence-corrected chi connectivity index (χ4v) is 4.57. The number of carboxylic acid groups (broad SMARTS) is 1. The van der Waals surface area contributed by atoms with Crippen LogP contribution in [0.4, 0.5) is 4.39 Å². The summed E-state index contributed by atoms with van der Waals surface area (Å²) in [6.07, 6.45) is -1.38. The molecular weight excluding hydrogens is 421 g/mol. The van der Waals surface area contributed by atoms with Gasteiger partial charge in [0.25, 0.3) is 0 Å². The molecule has 0 aliphatic heterocycles. The predicted molar refractivity (Wildman–Crippen MR) is 127 cm³/mol. The highest BCUT2D eigenvalue weighted by molar-refractivity contribution is 5.73. The number of hydrogen-bond donors (Lipinski definition) is 3. The van der Waals surface area contributed by atoms with Gasteiger partial charge in [-0.05, 0) is 67.5 Å². The van der Waals surface area contributed by atoms with E-state index in [2.05, 4.69) is 18.4 Å². The van der Waals surface area contributed by atoms with Crippen molar-refractivity contribution in [1.82, 2.24) is 4.57 Å². The lowest BCUT2D eigenvalue weighted by Crippen LogP contribution is -2.21. The van der Waals surface area contributed by atoms with Crippen LogP contribution in [-0.4, -0.2) is 38.1 Å². The Morgan fingerprint density at radius 3 is 2.21 bits per heavy atom. The Bertz CT molecular complexity index is 1070. The van der Waals surface area contributed by atoms with Crippen molar-refractivity contribution < 1.29 is 24.5 Å². The molecule has 1 heterocycles. The highest BCUT2D eigenvalue weighted by Crippen LogP contribution is 2.39. The average molecular weight is 454 g/mol. The van der Waals surface area contributed by atoms with Gasteiger partial charge in [0.1, 0.15) is 5.82 Å². The van der Waals surface area contributed by atoms with Crippen LogP contribution < -0.4 is 0 Å². The number of carbonyl (C=O) groups is 1. The number of aromatic nitrogens is 1. The van der Waals surface area contributed by atoms with Crippen LogP contribution in [0, 0.1) is 12.7 Å². The Labute approximate surface area is 194 Å². The van der Waals surface area contributed by atoms with Crippen molar-refractivity contribution in [3.05, 3.63) is 77.4 Å². The largest absolute Gasteiger partial charge is 0.481 e. The number of para-hydroxylation sites is 1. The third-order valence-electron chi connectivity index (χ3n) is 5.93. The van der Waals surface area contributed by atoms with Crippen LogP contribution in [0.5, 0.6) is 0 Å². The molecule has 3 aromatic rings. The van der Waals surface area contributed by atoms with E-state index in [0.717, 1.165) is 33.8 Å². The Hall–Kier alpha value is -2.96. The second kappa shape index (κ2) is 10.8. The fraction of sp³-hybridized carbons (Fsp3) is 0.370. The highest BCUT2D eigenvalue weighted by atomic mass is 19.1. The molecule has 33 heavy (non-hydrogen) atoms. The van der Waals surface area contributed by atoms with Gasteiger partial charge in [-0.3, -0.25) is 4.79 Å². The summed E-state index contributed by atoms with van der Waals surface area (Å²) in [5.74, 6) is -1.21. The van der Waals surface area contributed by atoms with E-state index < -0.39 is 24.6 Å². The molecule has 0 saturated carbocycles. The van der Waals surface area contributed by atoms with Gasteiger partial charge in [0.15, 0.2) is 0 Å². The van der Waals surface area contributed by atoms with Crippen molar-refractivity contribution >= 4 is 5.97 Å². The molecule has 0 aliphatic carbocycles. The number of hydrogen-bond acceptors (Lipinski definition) is 3. The number of aliphatic hydroxyl groups excluding tert-OH is 2. The average Bonchev–Trinajstić information content (AvgIpc) is 3.05. The van der Waals surface area contributed by atoms with Gasteiger partial charge in [-0.1, -0.05) is 44.2 Å². The molecule has 5 nitrogen and oxygen atoms in total. The van der Waals surface area contributed by atoms with Gasteiger partial charge >= 0.3 is 5.97 Å². The lowest BCUT2D eigenvalue weighted by molar-refractivity contribution is -0.139. The second-order valence-electron chi connectivity index (χ2n) is 8.84. The third-order valence-corrected chi connectivity index (χ3v) is 5.93. The lowest BCUT2D eigenvalue weighted by Gasteiger charge is -2.18. The van der Waals surface area contributed by atoms with Crippen molar-refractivity contribution in [2.75, 3.05) is 0 Å².